The molecule has 0 saturated heterocycles. The molecule has 2 heterocycles. The van der Waals surface area contributed by atoms with Crippen molar-refractivity contribution in [1.29, 1.82) is 0 Å². The number of benzene rings is 1. The van der Waals surface area contributed by atoms with E-state index in [1.165, 1.54) is 6.20 Å². The molecular weight excluding hydrogens is 421 g/mol. The highest BCUT2D eigenvalue weighted by Gasteiger charge is 2.23. The second-order valence-electron chi connectivity index (χ2n) is 7.83. The van der Waals surface area contributed by atoms with Crippen LogP contribution in [0, 0.1) is 0 Å². The number of rotatable bonds is 8. The Morgan fingerprint density at radius 1 is 1.09 bits per heavy atom. The summed E-state index contributed by atoms with van der Waals surface area (Å²) in [6, 6.07) is 12.2. The smallest absolute Gasteiger partial charge is 0.281 e. The third-order valence-electron chi connectivity index (χ3n) is 5.61. The Labute approximate surface area is 183 Å². The summed E-state index contributed by atoms with van der Waals surface area (Å²) in [5.74, 6) is 1.10. The normalized spacial score (nSPS) is 18.6. The molecule has 1 fully saturated rings. The summed E-state index contributed by atoms with van der Waals surface area (Å²) in [5.41, 5.74) is 0.763. The second-order valence-corrected chi connectivity index (χ2v) is 7.83. The van der Waals surface area contributed by atoms with Gasteiger partial charge in [-0.1, -0.05) is 6.07 Å². The minimum absolute atomic E-state index is 0.00838. The van der Waals surface area contributed by atoms with Gasteiger partial charge in [0.2, 0.25) is 0 Å². The minimum Gasteiger partial charge on any atom is -0.491 e. The van der Waals surface area contributed by atoms with Crippen LogP contribution in [0.5, 0.6) is 5.75 Å². The Morgan fingerprint density at radius 2 is 1.81 bits per heavy atom. The first-order chi connectivity index (χ1) is 15.5. The van der Waals surface area contributed by atoms with Crippen LogP contribution in [0.3, 0.4) is 0 Å². The van der Waals surface area contributed by atoms with Crippen LogP contribution in [0.2, 0.25) is 0 Å². The maximum Gasteiger partial charge on any atom is 0.281 e. The molecule has 0 spiro atoms. The summed E-state index contributed by atoms with van der Waals surface area (Å²) >= 11 is 0. The van der Waals surface area contributed by atoms with Crippen molar-refractivity contribution in [1.82, 2.24) is 14.7 Å². The van der Waals surface area contributed by atoms with E-state index in [2.05, 4.69) is 15.6 Å². The molecule has 0 radical (unpaired) electrons. The van der Waals surface area contributed by atoms with Gasteiger partial charge in [0.05, 0.1) is 0 Å². The van der Waals surface area contributed by atoms with Gasteiger partial charge in [-0.2, -0.15) is 0 Å². The average molecular weight is 446 g/mol. The van der Waals surface area contributed by atoms with Crippen LogP contribution in [0.15, 0.2) is 48.7 Å². The highest BCUT2D eigenvalue weighted by atomic mass is 19.3. The zero-order valence-electron chi connectivity index (χ0n) is 17.4. The van der Waals surface area contributed by atoms with Crippen LogP contribution in [-0.2, 0) is 0 Å². The molecule has 1 aromatic carbocycles. The predicted octanol–water partition coefficient (Wildman–Crippen LogP) is 4.77. The van der Waals surface area contributed by atoms with Crippen LogP contribution < -0.4 is 15.4 Å². The maximum absolute atomic E-state index is 13.0. The van der Waals surface area contributed by atoms with Gasteiger partial charge in [0.15, 0.2) is 0 Å². The van der Waals surface area contributed by atoms with Crippen LogP contribution in [0.1, 0.15) is 48.2 Å². The van der Waals surface area contributed by atoms with Crippen LogP contribution in [0.25, 0.3) is 5.65 Å². The number of halogens is 3. The summed E-state index contributed by atoms with van der Waals surface area (Å²) in [4.78, 5) is 16.5. The fourth-order valence-corrected chi connectivity index (χ4v) is 3.97. The molecule has 1 saturated carbocycles. The third kappa shape index (κ3) is 5.15. The number of carbonyl (C=O) groups is 1. The first kappa shape index (κ1) is 22.0. The monoisotopic (exact) mass is 446 g/mol. The number of pyridine rings is 1. The zero-order chi connectivity index (χ0) is 22.5. The van der Waals surface area contributed by atoms with E-state index in [0.717, 1.165) is 31.5 Å². The Hall–Kier alpha value is -3.23. The second kappa shape index (κ2) is 9.93. The van der Waals surface area contributed by atoms with Gasteiger partial charge in [-0.15, -0.1) is 0 Å². The minimum atomic E-state index is -2.61. The van der Waals surface area contributed by atoms with Gasteiger partial charge in [-0.25, -0.2) is 18.2 Å². The molecule has 2 aromatic heterocycles. The number of ether oxygens (including phenoxy) is 1. The van der Waals surface area contributed by atoms with Crippen molar-refractivity contribution in [3.8, 4) is 5.75 Å². The Kier molecular flexibility index (Phi) is 6.82. The van der Waals surface area contributed by atoms with Crippen LogP contribution in [0.4, 0.5) is 19.0 Å². The molecule has 9 heteroatoms. The van der Waals surface area contributed by atoms with Gasteiger partial charge in [0.25, 0.3) is 12.3 Å². The fourth-order valence-electron chi connectivity index (χ4n) is 3.97. The lowest BCUT2D eigenvalue weighted by atomic mass is 9.91. The standard InChI is InChI=1S/C23H25F3N4O2/c24-12-13-32-18-10-4-15(5-11-18)23(31)28-17-8-6-16(7-9-17)27-20-2-1-3-21-29-19(22(25)26)14-30(20)21/h1-5,10-11,14,16-17,22,27H,6-9,12-13H2,(H,28,31). The largest absolute Gasteiger partial charge is 0.491 e. The third-order valence-corrected chi connectivity index (χ3v) is 5.61. The number of imidazole rings is 1. The molecule has 4 rings (SSSR count). The van der Waals surface area contributed by atoms with E-state index in [1.807, 2.05) is 6.07 Å². The van der Waals surface area contributed by atoms with Gasteiger partial charge in [-0.05, 0) is 62.1 Å². The van der Waals surface area contributed by atoms with E-state index in [9.17, 15) is 18.0 Å². The predicted molar refractivity (Wildman–Crippen MR) is 115 cm³/mol. The Balaban J connectivity index is 1.30. The van der Waals surface area contributed by atoms with Crippen molar-refractivity contribution < 1.29 is 22.7 Å². The topological polar surface area (TPSA) is 67.7 Å². The van der Waals surface area contributed by atoms with Crippen molar-refractivity contribution in [3.63, 3.8) is 0 Å². The summed E-state index contributed by atoms with van der Waals surface area (Å²) < 4.78 is 45.0. The van der Waals surface area contributed by atoms with Gasteiger partial charge in [0, 0.05) is 23.8 Å². The van der Waals surface area contributed by atoms with Gasteiger partial charge < -0.3 is 15.4 Å². The van der Waals surface area contributed by atoms with Crippen molar-refractivity contribution in [2.45, 2.75) is 44.2 Å². The average Bonchev–Trinajstić information content (AvgIpc) is 3.25. The van der Waals surface area contributed by atoms with Crippen LogP contribution >= 0.6 is 0 Å². The molecule has 0 unspecified atom stereocenters. The lowest BCUT2D eigenvalue weighted by Crippen LogP contribution is -2.40. The van der Waals surface area contributed by atoms with Gasteiger partial charge >= 0.3 is 0 Å². The van der Waals surface area contributed by atoms with E-state index < -0.39 is 13.1 Å². The highest BCUT2D eigenvalue weighted by Crippen LogP contribution is 2.25. The molecule has 0 aliphatic heterocycles. The van der Waals surface area contributed by atoms with Crippen molar-refractivity contribution in [3.05, 3.63) is 59.9 Å². The number of hydrogen-bond acceptors (Lipinski definition) is 4. The maximum atomic E-state index is 13.0. The molecule has 1 aliphatic carbocycles. The fraction of sp³-hybridized carbons (Fsp3) is 0.391. The number of amides is 1. The van der Waals surface area contributed by atoms with Crippen molar-refractivity contribution in [2.24, 2.45) is 0 Å². The number of fused-ring (bicyclic) bond motifs is 1. The molecule has 0 bridgehead atoms. The van der Waals surface area contributed by atoms with E-state index in [4.69, 9.17) is 4.74 Å². The number of hydrogen-bond donors (Lipinski definition) is 2. The number of alkyl halides is 3. The molecule has 6 nitrogen and oxygen atoms in total. The van der Waals surface area contributed by atoms with E-state index in [1.54, 1.807) is 40.8 Å². The number of carbonyl (C=O) groups excluding carboxylic acids is 1. The quantitative estimate of drug-likeness (QED) is 0.523. The van der Waals surface area contributed by atoms with Gasteiger partial charge in [0.1, 0.15) is 36.2 Å². The molecule has 0 atom stereocenters. The number of nitrogens with one attached hydrogen (secondary N) is 2. The van der Waals surface area contributed by atoms with Crippen LogP contribution in [-0.4, -0.2) is 40.7 Å². The highest BCUT2D eigenvalue weighted by molar-refractivity contribution is 5.94. The zero-order valence-corrected chi connectivity index (χ0v) is 17.4. The summed E-state index contributed by atoms with van der Waals surface area (Å²) in [6.45, 7) is -0.570. The van der Waals surface area contributed by atoms with Crippen molar-refractivity contribution in [2.75, 3.05) is 18.6 Å². The first-order valence-corrected chi connectivity index (χ1v) is 10.7. The Bertz CT molecular complexity index is 1050. The molecule has 2 N–H and O–H groups in total. The lowest BCUT2D eigenvalue weighted by molar-refractivity contribution is 0.0926. The number of anilines is 1. The van der Waals surface area contributed by atoms with E-state index in [-0.39, 0.29) is 30.3 Å². The molecule has 32 heavy (non-hydrogen) atoms. The summed E-state index contributed by atoms with van der Waals surface area (Å²) in [6.07, 6.45) is 2.05. The summed E-state index contributed by atoms with van der Waals surface area (Å²) in [5, 5.41) is 6.49. The van der Waals surface area contributed by atoms with E-state index >= 15 is 0 Å². The van der Waals surface area contributed by atoms with Gasteiger partial charge in [-0.3, -0.25) is 9.20 Å². The molecule has 3 aromatic rings. The molecule has 170 valence electrons. The molecule has 1 aliphatic rings. The summed E-state index contributed by atoms with van der Waals surface area (Å²) in [7, 11) is 0. The molecular formula is C23H25F3N4O2. The number of nitrogens with zero attached hydrogens (tertiary/aromatic N) is 2. The van der Waals surface area contributed by atoms with Crippen molar-refractivity contribution >= 4 is 17.4 Å². The Morgan fingerprint density at radius 3 is 2.50 bits per heavy atom. The lowest BCUT2D eigenvalue weighted by Gasteiger charge is -2.30. The first-order valence-electron chi connectivity index (χ1n) is 10.7. The SMILES string of the molecule is O=C(NC1CCC(Nc2cccc3nc(C(F)F)cn23)CC1)c1ccc(OCCF)cc1. The van der Waals surface area contributed by atoms with E-state index in [0.29, 0.717) is 17.0 Å². The molecule has 1 amide bonds. The number of aromatic nitrogens is 2.